The predicted octanol–water partition coefficient (Wildman–Crippen LogP) is 1.27. The van der Waals surface area contributed by atoms with Crippen LogP contribution in [-0.4, -0.2) is 40.6 Å². The second-order valence-corrected chi connectivity index (χ2v) is 6.47. The van der Waals surface area contributed by atoms with E-state index in [4.69, 9.17) is 0 Å². The van der Waals surface area contributed by atoms with E-state index in [2.05, 4.69) is 29.4 Å². The Morgan fingerprint density at radius 2 is 2.39 bits per heavy atom. The summed E-state index contributed by atoms with van der Waals surface area (Å²) in [6, 6.07) is -0.0876. The van der Waals surface area contributed by atoms with Crippen molar-refractivity contribution < 1.29 is 4.79 Å². The third-order valence-electron chi connectivity index (χ3n) is 3.50. The molecule has 0 aromatic carbocycles. The molecule has 0 spiro atoms. The van der Waals surface area contributed by atoms with Crippen molar-refractivity contribution >= 4 is 17.2 Å². The fourth-order valence-corrected chi connectivity index (χ4v) is 2.86. The molecule has 1 N–H and O–H groups in total. The summed E-state index contributed by atoms with van der Waals surface area (Å²) in [5.74, 6) is 0.179. The number of likely N-dealkylation sites (N-methyl/N-ethyl adjacent to an activating group) is 1. The Morgan fingerprint density at radius 3 is 3.00 bits per heavy atom. The average Bonchev–Trinajstić information content (AvgIpc) is 2.79. The summed E-state index contributed by atoms with van der Waals surface area (Å²) in [6.45, 7) is 5.82. The maximum Gasteiger partial charge on any atom is 0.240 e. The highest BCUT2D eigenvalue weighted by Crippen LogP contribution is 2.31. The van der Waals surface area contributed by atoms with Crippen molar-refractivity contribution in [1.29, 1.82) is 0 Å². The van der Waals surface area contributed by atoms with Gasteiger partial charge < -0.3 is 10.2 Å². The molecule has 1 saturated heterocycles. The molecule has 1 amide bonds. The van der Waals surface area contributed by atoms with Crippen LogP contribution in [0.1, 0.15) is 31.7 Å². The number of carbonyl (C=O) groups is 1. The SMILES string of the molecule is CNC1CC(C)(C)CCN(Cc2nncs2)C1=O. The minimum Gasteiger partial charge on any atom is -0.334 e. The van der Waals surface area contributed by atoms with Gasteiger partial charge in [0, 0.05) is 6.54 Å². The molecule has 1 atom stereocenters. The van der Waals surface area contributed by atoms with Gasteiger partial charge in [0.05, 0.1) is 12.6 Å². The molecule has 0 aliphatic carbocycles. The Hall–Kier alpha value is -1.01. The number of nitrogens with zero attached hydrogens (tertiary/aromatic N) is 3. The van der Waals surface area contributed by atoms with E-state index in [1.165, 1.54) is 11.3 Å². The van der Waals surface area contributed by atoms with Crippen LogP contribution in [0.15, 0.2) is 5.51 Å². The van der Waals surface area contributed by atoms with Gasteiger partial charge >= 0.3 is 0 Å². The van der Waals surface area contributed by atoms with Gasteiger partial charge in [-0.25, -0.2) is 0 Å². The van der Waals surface area contributed by atoms with Crippen LogP contribution >= 0.6 is 11.3 Å². The van der Waals surface area contributed by atoms with Crippen molar-refractivity contribution in [3.63, 3.8) is 0 Å². The number of rotatable bonds is 3. The maximum absolute atomic E-state index is 12.4. The monoisotopic (exact) mass is 268 g/mol. The highest BCUT2D eigenvalue weighted by Gasteiger charge is 2.34. The van der Waals surface area contributed by atoms with Crippen molar-refractivity contribution in [2.75, 3.05) is 13.6 Å². The molecule has 18 heavy (non-hydrogen) atoms. The van der Waals surface area contributed by atoms with Gasteiger partial charge in [-0.3, -0.25) is 4.79 Å². The normalized spacial score (nSPS) is 24.1. The van der Waals surface area contributed by atoms with E-state index in [0.717, 1.165) is 24.4 Å². The maximum atomic E-state index is 12.4. The lowest BCUT2D eigenvalue weighted by Gasteiger charge is -2.24. The first kappa shape index (κ1) is 13.4. The number of nitrogens with one attached hydrogen (secondary N) is 1. The van der Waals surface area contributed by atoms with Crippen LogP contribution in [0.3, 0.4) is 0 Å². The Morgan fingerprint density at radius 1 is 1.61 bits per heavy atom. The fraction of sp³-hybridized carbons (Fsp3) is 0.750. The Bertz CT molecular complexity index is 404. The molecule has 1 unspecified atom stereocenters. The lowest BCUT2D eigenvalue weighted by atomic mass is 9.83. The molecule has 1 aliphatic rings. The van der Waals surface area contributed by atoms with Gasteiger partial charge in [-0.1, -0.05) is 13.8 Å². The molecule has 1 aliphatic heterocycles. The van der Waals surface area contributed by atoms with Gasteiger partial charge in [0.25, 0.3) is 0 Å². The Labute approximate surface area is 112 Å². The van der Waals surface area contributed by atoms with E-state index in [9.17, 15) is 4.79 Å². The molecule has 1 fully saturated rings. The van der Waals surface area contributed by atoms with Gasteiger partial charge in [0.2, 0.25) is 5.91 Å². The summed E-state index contributed by atoms with van der Waals surface area (Å²) in [6.07, 6.45) is 1.91. The summed E-state index contributed by atoms with van der Waals surface area (Å²) < 4.78 is 0. The third kappa shape index (κ3) is 3.05. The van der Waals surface area contributed by atoms with E-state index >= 15 is 0 Å². The van der Waals surface area contributed by atoms with Gasteiger partial charge in [-0.05, 0) is 25.3 Å². The Kier molecular flexibility index (Phi) is 3.97. The largest absolute Gasteiger partial charge is 0.334 e. The zero-order valence-electron chi connectivity index (χ0n) is 11.1. The molecule has 100 valence electrons. The number of hydrogen-bond acceptors (Lipinski definition) is 5. The van der Waals surface area contributed by atoms with E-state index < -0.39 is 0 Å². The molecular weight excluding hydrogens is 248 g/mol. The van der Waals surface area contributed by atoms with Gasteiger partial charge in [0.1, 0.15) is 10.5 Å². The van der Waals surface area contributed by atoms with Crippen molar-refractivity contribution in [3.8, 4) is 0 Å². The molecule has 5 nitrogen and oxygen atoms in total. The molecular formula is C12H20N4OS. The second kappa shape index (κ2) is 5.32. The Balaban J connectivity index is 2.12. The first-order valence-electron chi connectivity index (χ1n) is 6.23. The van der Waals surface area contributed by atoms with Crippen LogP contribution in [0, 0.1) is 5.41 Å². The van der Waals surface area contributed by atoms with Crippen molar-refractivity contribution in [3.05, 3.63) is 10.5 Å². The van der Waals surface area contributed by atoms with Crippen LogP contribution in [0.25, 0.3) is 0 Å². The summed E-state index contributed by atoms with van der Waals surface area (Å²) in [7, 11) is 1.85. The smallest absolute Gasteiger partial charge is 0.240 e. The minimum atomic E-state index is -0.0876. The van der Waals surface area contributed by atoms with E-state index in [0.29, 0.717) is 6.54 Å². The first-order chi connectivity index (χ1) is 8.52. The first-order valence-corrected chi connectivity index (χ1v) is 7.11. The quantitative estimate of drug-likeness (QED) is 0.897. The molecule has 6 heteroatoms. The summed E-state index contributed by atoms with van der Waals surface area (Å²) >= 11 is 1.50. The number of hydrogen-bond donors (Lipinski definition) is 1. The predicted molar refractivity (Wildman–Crippen MR) is 71.2 cm³/mol. The highest BCUT2D eigenvalue weighted by molar-refractivity contribution is 7.09. The van der Waals surface area contributed by atoms with Crippen LogP contribution < -0.4 is 5.32 Å². The number of aromatic nitrogens is 2. The topological polar surface area (TPSA) is 58.1 Å². The molecule has 0 radical (unpaired) electrons. The molecule has 0 bridgehead atoms. The lowest BCUT2D eigenvalue weighted by molar-refractivity contribution is -0.133. The third-order valence-corrected chi connectivity index (χ3v) is 4.19. The lowest BCUT2D eigenvalue weighted by Crippen LogP contribution is -2.44. The highest BCUT2D eigenvalue weighted by atomic mass is 32.1. The molecule has 1 aromatic rings. The van der Waals surface area contributed by atoms with Crippen molar-refractivity contribution in [1.82, 2.24) is 20.4 Å². The van der Waals surface area contributed by atoms with E-state index in [1.54, 1.807) is 5.51 Å². The van der Waals surface area contributed by atoms with Gasteiger partial charge in [-0.2, -0.15) is 0 Å². The van der Waals surface area contributed by atoms with Gasteiger partial charge in [-0.15, -0.1) is 21.5 Å². The molecule has 1 aromatic heterocycles. The number of carbonyl (C=O) groups excluding carboxylic acids is 1. The van der Waals surface area contributed by atoms with E-state index in [-0.39, 0.29) is 17.4 Å². The van der Waals surface area contributed by atoms with Crippen molar-refractivity contribution in [2.45, 2.75) is 39.3 Å². The van der Waals surface area contributed by atoms with Crippen LogP contribution in [-0.2, 0) is 11.3 Å². The van der Waals surface area contributed by atoms with Crippen molar-refractivity contribution in [2.24, 2.45) is 5.41 Å². The summed E-state index contributed by atoms with van der Waals surface area (Å²) in [4.78, 5) is 14.3. The minimum absolute atomic E-state index is 0.0876. The zero-order valence-corrected chi connectivity index (χ0v) is 12.0. The average molecular weight is 268 g/mol. The van der Waals surface area contributed by atoms with E-state index in [1.807, 2.05) is 11.9 Å². The summed E-state index contributed by atoms with van der Waals surface area (Å²) in [5.41, 5.74) is 1.90. The second-order valence-electron chi connectivity index (χ2n) is 5.55. The summed E-state index contributed by atoms with van der Waals surface area (Å²) in [5, 5.41) is 11.9. The van der Waals surface area contributed by atoms with Crippen LogP contribution in [0.2, 0.25) is 0 Å². The molecule has 0 saturated carbocycles. The number of likely N-dealkylation sites (tertiary alicyclic amines) is 1. The van der Waals surface area contributed by atoms with Crippen LogP contribution in [0.4, 0.5) is 0 Å². The molecule has 2 rings (SSSR count). The molecule has 2 heterocycles. The van der Waals surface area contributed by atoms with Gasteiger partial charge in [0.15, 0.2) is 0 Å². The standard InChI is InChI=1S/C12H20N4OS/c1-12(2)4-5-16(7-10-15-14-8-18-10)11(17)9(6-12)13-3/h8-9,13H,4-7H2,1-3H3. The van der Waals surface area contributed by atoms with Crippen LogP contribution in [0.5, 0.6) is 0 Å². The fourth-order valence-electron chi connectivity index (χ4n) is 2.32. The zero-order chi connectivity index (χ0) is 13.2. The number of amides is 1.